The zero-order valence-corrected chi connectivity index (χ0v) is 12.8. The summed E-state index contributed by atoms with van der Waals surface area (Å²) in [5.74, 6) is -1.19. The molecule has 2 rings (SSSR count). The van der Waals surface area contributed by atoms with Crippen LogP contribution in [0, 0.1) is 11.6 Å². The van der Waals surface area contributed by atoms with E-state index in [4.69, 9.17) is 4.74 Å². The van der Waals surface area contributed by atoms with E-state index in [9.17, 15) is 17.2 Å². The van der Waals surface area contributed by atoms with Gasteiger partial charge in [-0.1, -0.05) is 12.1 Å². The van der Waals surface area contributed by atoms with Gasteiger partial charge in [-0.2, -0.15) is 0 Å². The Morgan fingerprint density at radius 2 is 1.73 bits per heavy atom. The molecule has 0 heterocycles. The summed E-state index contributed by atoms with van der Waals surface area (Å²) in [5, 5.41) is 0. The van der Waals surface area contributed by atoms with Gasteiger partial charge < -0.3 is 4.74 Å². The quantitative estimate of drug-likeness (QED) is 0.918. The van der Waals surface area contributed by atoms with E-state index >= 15 is 0 Å². The van der Waals surface area contributed by atoms with Crippen LogP contribution in [-0.4, -0.2) is 15.5 Å². The monoisotopic (exact) mass is 327 g/mol. The maximum atomic E-state index is 13.6. The highest BCUT2D eigenvalue weighted by Gasteiger charge is 2.22. The SMILES string of the molecule is COc1ccc([C@H](C)NS(=O)(=O)c2cc(F)ccc2F)cc1. The summed E-state index contributed by atoms with van der Waals surface area (Å²) in [6, 6.07) is 8.42. The molecule has 0 bridgehead atoms. The molecule has 0 fully saturated rings. The number of halogens is 2. The van der Waals surface area contributed by atoms with Crippen LogP contribution in [0.4, 0.5) is 8.78 Å². The molecule has 0 amide bonds. The van der Waals surface area contributed by atoms with Gasteiger partial charge in [0.15, 0.2) is 0 Å². The van der Waals surface area contributed by atoms with Gasteiger partial charge in [-0.25, -0.2) is 21.9 Å². The van der Waals surface area contributed by atoms with Crippen molar-refractivity contribution in [2.45, 2.75) is 17.9 Å². The third kappa shape index (κ3) is 3.61. The number of sulfonamides is 1. The number of ether oxygens (including phenoxy) is 1. The largest absolute Gasteiger partial charge is 0.497 e. The van der Waals surface area contributed by atoms with E-state index in [0.29, 0.717) is 17.4 Å². The highest BCUT2D eigenvalue weighted by atomic mass is 32.2. The van der Waals surface area contributed by atoms with E-state index < -0.39 is 32.6 Å². The molecule has 1 atom stereocenters. The van der Waals surface area contributed by atoms with Crippen LogP contribution in [0.25, 0.3) is 0 Å². The Bertz CT molecular complexity index is 761. The number of rotatable bonds is 5. The lowest BCUT2D eigenvalue weighted by atomic mass is 10.1. The predicted molar refractivity (Wildman–Crippen MR) is 78.1 cm³/mol. The Morgan fingerprint density at radius 3 is 2.32 bits per heavy atom. The molecule has 0 aromatic heterocycles. The number of hydrogen-bond acceptors (Lipinski definition) is 3. The zero-order valence-electron chi connectivity index (χ0n) is 12.0. The molecule has 4 nitrogen and oxygen atoms in total. The number of nitrogens with one attached hydrogen (secondary N) is 1. The average Bonchev–Trinajstić information content (AvgIpc) is 2.49. The molecule has 0 unspecified atom stereocenters. The number of benzene rings is 2. The van der Waals surface area contributed by atoms with Gasteiger partial charge in [0.2, 0.25) is 10.0 Å². The molecule has 0 aliphatic rings. The van der Waals surface area contributed by atoms with Crippen molar-refractivity contribution < 1.29 is 21.9 Å². The molecule has 0 radical (unpaired) electrons. The molecule has 0 saturated carbocycles. The van der Waals surface area contributed by atoms with Gasteiger partial charge in [-0.3, -0.25) is 0 Å². The fourth-order valence-corrected chi connectivity index (χ4v) is 3.26. The topological polar surface area (TPSA) is 55.4 Å². The van der Waals surface area contributed by atoms with Crippen LogP contribution >= 0.6 is 0 Å². The first-order chi connectivity index (χ1) is 10.3. The van der Waals surface area contributed by atoms with Crippen molar-refractivity contribution in [1.29, 1.82) is 0 Å². The predicted octanol–water partition coefficient (Wildman–Crippen LogP) is 3.01. The Labute approximate surface area is 127 Å². The molecular formula is C15H15F2NO3S. The van der Waals surface area contributed by atoms with E-state index in [1.54, 1.807) is 31.2 Å². The second-order valence-electron chi connectivity index (χ2n) is 4.69. The van der Waals surface area contributed by atoms with E-state index in [1.807, 2.05) is 0 Å². The lowest BCUT2D eigenvalue weighted by molar-refractivity contribution is 0.414. The first-order valence-electron chi connectivity index (χ1n) is 6.45. The summed E-state index contributed by atoms with van der Waals surface area (Å²) in [5.41, 5.74) is 0.668. The molecule has 7 heteroatoms. The number of methoxy groups -OCH3 is 1. The van der Waals surface area contributed by atoms with E-state index in [2.05, 4.69) is 4.72 Å². The summed E-state index contributed by atoms with van der Waals surface area (Å²) in [4.78, 5) is -0.715. The standard InChI is InChI=1S/C15H15F2NO3S/c1-10(11-3-6-13(21-2)7-4-11)18-22(19,20)15-9-12(16)5-8-14(15)17/h3-10,18H,1-2H3/t10-/m0/s1. The molecule has 1 N–H and O–H groups in total. The van der Waals surface area contributed by atoms with Crippen LogP contribution in [0.3, 0.4) is 0 Å². The van der Waals surface area contributed by atoms with Crippen LogP contribution in [-0.2, 0) is 10.0 Å². The van der Waals surface area contributed by atoms with Crippen LogP contribution < -0.4 is 9.46 Å². The molecular weight excluding hydrogens is 312 g/mol. The average molecular weight is 327 g/mol. The van der Waals surface area contributed by atoms with Crippen molar-refractivity contribution in [3.05, 3.63) is 59.7 Å². The Hall–Kier alpha value is -1.99. The van der Waals surface area contributed by atoms with Gasteiger partial charge in [-0.05, 0) is 42.8 Å². The molecule has 0 aliphatic carbocycles. The minimum absolute atomic E-state index is 0.612. The lowest BCUT2D eigenvalue weighted by Crippen LogP contribution is -2.27. The van der Waals surface area contributed by atoms with Gasteiger partial charge in [-0.15, -0.1) is 0 Å². The normalized spacial score (nSPS) is 12.9. The summed E-state index contributed by atoms with van der Waals surface area (Å²) in [6.45, 7) is 1.61. The first-order valence-corrected chi connectivity index (χ1v) is 7.93. The van der Waals surface area contributed by atoms with Crippen LogP contribution in [0.15, 0.2) is 47.4 Å². The Morgan fingerprint density at radius 1 is 1.09 bits per heavy atom. The van der Waals surface area contributed by atoms with E-state index in [1.165, 1.54) is 7.11 Å². The summed E-state index contributed by atoms with van der Waals surface area (Å²) in [6.07, 6.45) is 0. The third-order valence-corrected chi connectivity index (χ3v) is 4.69. The van der Waals surface area contributed by atoms with Gasteiger partial charge in [0.05, 0.1) is 7.11 Å². The second kappa shape index (κ2) is 6.41. The van der Waals surface area contributed by atoms with Gasteiger partial charge >= 0.3 is 0 Å². The third-order valence-electron chi connectivity index (χ3n) is 3.13. The molecule has 2 aromatic carbocycles. The molecule has 118 valence electrons. The molecule has 0 saturated heterocycles. The fourth-order valence-electron chi connectivity index (χ4n) is 1.94. The highest BCUT2D eigenvalue weighted by molar-refractivity contribution is 7.89. The fraction of sp³-hybridized carbons (Fsp3) is 0.200. The second-order valence-corrected chi connectivity index (χ2v) is 6.37. The molecule has 22 heavy (non-hydrogen) atoms. The Kier molecular flexibility index (Phi) is 4.77. The van der Waals surface area contributed by atoms with Gasteiger partial charge in [0.1, 0.15) is 22.3 Å². The van der Waals surface area contributed by atoms with Crippen molar-refractivity contribution >= 4 is 10.0 Å². The van der Waals surface area contributed by atoms with Crippen molar-refractivity contribution in [2.75, 3.05) is 7.11 Å². The maximum absolute atomic E-state index is 13.6. The minimum atomic E-state index is -4.17. The summed E-state index contributed by atoms with van der Waals surface area (Å²) in [7, 11) is -2.65. The van der Waals surface area contributed by atoms with Crippen LogP contribution in [0.1, 0.15) is 18.5 Å². The van der Waals surface area contributed by atoms with Crippen LogP contribution in [0.2, 0.25) is 0 Å². The Balaban J connectivity index is 2.25. The van der Waals surface area contributed by atoms with Crippen LogP contribution in [0.5, 0.6) is 5.75 Å². The summed E-state index contributed by atoms with van der Waals surface area (Å²) >= 11 is 0. The number of hydrogen-bond donors (Lipinski definition) is 1. The van der Waals surface area contributed by atoms with Crippen molar-refractivity contribution in [3.8, 4) is 5.75 Å². The van der Waals surface area contributed by atoms with Crippen molar-refractivity contribution in [1.82, 2.24) is 4.72 Å². The van der Waals surface area contributed by atoms with Gasteiger partial charge in [0, 0.05) is 6.04 Å². The molecule has 2 aromatic rings. The molecule has 0 spiro atoms. The lowest BCUT2D eigenvalue weighted by Gasteiger charge is -2.15. The minimum Gasteiger partial charge on any atom is -0.497 e. The summed E-state index contributed by atoms with van der Waals surface area (Å²) < 4.78 is 58.4. The van der Waals surface area contributed by atoms with E-state index in [-0.39, 0.29) is 0 Å². The maximum Gasteiger partial charge on any atom is 0.244 e. The molecule has 0 aliphatic heterocycles. The van der Waals surface area contributed by atoms with Crippen molar-refractivity contribution in [2.24, 2.45) is 0 Å². The smallest absolute Gasteiger partial charge is 0.244 e. The zero-order chi connectivity index (χ0) is 16.3. The van der Waals surface area contributed by atoms with Gasteiger partial charge in [0.25, 0.3) is 0 Å². The van der Waals surface area contributed by atoms with E-state index in [0.717, 1.165) is 12.1 Å². The highest BCUT2D eigenvalue weighted by Crippen LogP contribution is 2.21. The van der Waals surface area contributed by atoms with Crippen molar-refractivity contribution in [3.63, 3.8) is 0 Å². The first kappa shape index (κ1) is 16.4.